The molecule has 0 aliphatic carbocycles. The van der Waals surface area contributed by atoms with Crippen LogP contribution in [0, 0.1) is 10.1 Å². The molecule has 2 aromatic carbocycles. The minimum atomic E-state index is -4.71. The van der Waals surface area contributed by atoms with E-state index in [1.807, 2.05) is 0 Å². The molecule has 0 aliphatic heterocycles. The molecule has 12 heteroatoms. The van der Waals surface area contributed by atoms with Crippen molar-refractivity contribution in [2.75, 3.05) is 24.3 Å². The zero-order valence-electron chi connectivity index (χ0n) is 14.7. The molecule has 0 fully saturated rings. The van der Waals surface area contributed by atoms with E-state index < -0.39 is 40.2 Å². The van der Waals surface area contributed by atoms with E-state index in [0.717, 1.165) is 18.2 Å². The second-order valence-electron chi connectivity index (χ2n) is 5.56. The van der Waals surface area contributed by atoms with Gasteiger partial charge in [-0.2, -0.15) is 13.2 Å². The number of carbonyl (C=O) groups is 2. The molecule has 0 saturated carbocycles. The van der Waals surface area contributed by atoms with Crippen LogP contribution in [0.5, 0.6) is 0 Å². The summed E-state index contributed by atoms with van der Waals surface area (Å²) in [4.78, 5) is 34.2. The Labute approximate surface area is 166 Å². The van der Waals surface area contributed by atoms with E-state index in [4.69, 9.17) is 16.3 Å². The second-order valence-corrected chi connectivity index (χ2v) is 5.96. The second kappa shape index (κ2) is 8.78. The molecule has 0 spiro atoms. The van der Waals surface area contributed by atoms with E-state index in [1.54, 1.807) is 0 Å². The summed E-state index contributed by atoms with van der Waals surface area (Å²) in [6.45, 7) is -0.815. The van der Waals surface area contributed by atoms with Crippen LogP contribution < -0.4 is 10.6 Å². The fourth-order valence-corrected chi connectivity index (χ4v) is 2.48. The smallest absolute Gasteiger partial charge is 0.417 e. The lowest BCUT2D eigenvalue weighted by atomic mass is 10.1. The quantitative estimate of drug-likeness (QED) is 0.404. The van der Waals surface area contributed by atoms with Gasteiger partial charge in [0, 0.05) is 18.8 Å². The summed E-state index contributed by atoms with van der Waals surface area (Å²) in [6, 6.07) is 6.28. The number of anilines is 2. The van der Waals surface area contributed by atoms with E-state index in [2.05, 4.69) is 10.6 Å². The number of hydrogen-bond acceptors (Lipinski definition) is 6. The molecule has 0 bridgehead atoms. The number of esters is 1. The van der Waals surface area contributed by atoms with Crippen LogP contribution in [-0.4, -0.2) is 30.5 Å². The number of nitro groups is 1. The average molecular weight is 432 g/mol. The SMILES string of the molecule is CNc1ccc(C(=O)OCC(=O)Nc2ccc(Cl)c(C(F)(F)F)c2)cc1[N+](=O)[O-]. The highest BCUT2D eigenvalue weighted by molar-refractivity contribution is 6.31. The Balaban J connectivity index is 2.04. The van der Waals surface area contributed by atoms with E-state index in [0.29, 0.717) is 6.07 Å². The molecule has 0 unspecified atom stereocenters. The number of nitro benzene ring substituents is 1. The third kappa shape index (κ3) is 5.57. The topological polar surface area (TPSA) is 111 Å². The maximum atomic E-state index is 12.8. The van der Waals surface area contributed by atoms with Gasteiger partial charge in [-0.15, -0.1) is 0 Å². The number of benzene rings is 2. The number of alkyl halides is 3. The zero-order chi connectivity index (χ0) is 21.8. The summed E-state index contributed by atoms with van der Waals surface area (Å²) >= 11 is 5.49. The molecule has 0 aliphatic rings. The number of carbonyl (C=O) groups excluding carboxylic acids is 2. The Kier molecular flexibility index (Phi) is 6.64. The first-order valence-corrected chi connectivity index (χ1v) is 8.20. The number of nitrogens with zero attached hydrogens (tertiary/aromatic N) is 1. The average Bonchev–Trinajstić information content (AvgIpc) is 2.66. The Hall–Kier alpha value is -3.34. The first-order valence-electron chi connectivity index (χ1n) is 7.83. The fourth-order valence-electron chi connectivity index (χ4n) is 2.25. The Morgan fingerprint density at radius 1 is 1.21 bits per heavy atom. The molecule has 0 aromatic heterocycles. The van der Waals surface area contributed by atoms with Gasteiger partial charge in [-0.25, -0.2) is 4.79 Å². The molecule has 1 amide bonds. The van der Waals surface area contributed by atoms with E-state index in [-0.39, 0.29) is 22.6 Å². The van der Waals surface area contributed by atoms with Crippen molar-refractivity contribution in [1.29, 1.82) is 0 Å². The largest absolute Gasteiger partial charge is 0.452 e. The molecule has 29 heavy (non-hydrogen) atoms. The van der Waals surface area contributed by atoms with Gasteiger partial charge in [0.1, 0.15) is 5.69 Å². The lowest BCUT2D eigenvalue weighted by Crippen LogP contribution is -2.21. The molecule has 2 N–H and O–H groups in total. The van der Waals surface area contributed by atoms with Crippen molar-refractivity contribution in [3.63, 3.8) is 0 Å². The van der Waals surface area contributed by atoms with Gasteiger partial charge in [0.05, 0.1) is 21.1 Å². The summed E-state index contributed by atoms with van der Waals surface area (Å²) in [5.74, 6) is -1.92. The highest BCUT2D eigenvalue weighted by Crippen LogP contribution is 2.36. The predicted molar refractivity (Wildman–Crippen MR) is 98.0 cm³/mol. The normalized spacial score (nSPS) is 10.9. The Bertz CT molecular complexity index is 966. The molecule has 0 saturated heterocycles. The minimum Gasteiger partial charge on any atom is -0.452 e. The molecule has 8 nitrogen and oxygen atoms in total. The third-order valence-electron chi connectivity index (χ3n) is 3.59. The highest BCUT2D eigenvalue weighted by Gasteiger charge is 2.33. The molecular weight excluding hydrogens is 419 g/mol. The van der Waals surface area contributed by atoms with Crippen molar-refractivity contribution in [2.24, 2.45) is 0 Å². The van der Waals surface area contributed by atoms with Crippen molar-refractivity contribution >= 4 is 40.5 Å². The van der Waals surface area contributed by atoms with Crippen LogP contribution in [0.15, 0.2) is 36.4 Å². The van der Waals surface area contributed by atoms with Crippen molar-refractivity contribution < 1.29 is 32.4 Å². The molecule has 0 atom stereocenters. The number of hydrogen-bond donors (Lipinski definition) is 2. The first kappa shape index (κ1) is 22.0. The van der Waals surface area contributed by atoms with Crippen molar-refractivity contribution in [3.8, 4) is 0 Å². The maximum Gasteiger partial charge on any atom is 0.417 e. The van der Waals surface area contributed by atoms with Crippen LogP contribution in [0.2, 0.25) is 5.02 Å². The molecule has 2 aromatic rings. The van der Waals surface area contributed by atoms with Crippen LogP contribution >= 0.6 is 11.6 Å². The van der Waals surface area contributed by atoms with Crippen molar-refractivity contribution in [3.05, 3.63) is 62.7 Å². The van der Waals surface area contributed by atoms with Crippen LogP contribution in [0.25, 0.3) is 0 Å². The Morgan fingerprint density at radius 2 is 1.90 bits per heavy atom. The highest BCUT2D eigenvalue weighted by atomic mass is 35.5. The molecule has 0 radical (unpaired) electrons. The predicted octanol–water partition coefficient (Wildman–Crippen LogP) is 4.10. The minimum absolute atomic E-state index is 0.172. The van der Waals surface area contributed by atoms with E-state index in [1.165, 1.54) is 19.2 Å². The summed E-state index contributed by atoms with van der Waals surface area (Å²) in [6.07, 6.45) is -4.71. The zero-order valence-corrected chi connectivity index (χ0v) is 15.4. The van der Waals surface area contributed by atoms with Crippen LogP contribution in [0.3, 0.4) is 0 Å². The summed E-state index contributed by atoms with van der Waals surface area (Å²) < 4.78 is 43.2. The number of ether oxygens (including phenoxy) is 1. The van der Waals surface area contributed by atoms with Gasteiger partial charge >= 0.3 is 12.1 Å². The third-order valence-corrected chi connectivity index (χ3v) is 3.92. The van der Waals surface area contributed by atoms with E-state index in [9.17, 15) is 32.9 Å². The number of halogens is 4. The van der Waals surface area contributed by atoms with Gasteiger partial charge in [-0.3, -0.25) is 14.9 Å². The maximum absolute atomic E-state index is 12.8. The van der Waals surface area contributed by atoms with Crippen LogP contribution in [0.4, 0.5) is 30.2 Å². The standard InChI is InChI=1S/C17H13ClF3N3O5/c1-22-13-5-2-9(6-14(13)24(27)28)16(26)29-8-15(25)23-10-3-4-12(18)11(7-10)17(19,20)21/h2-7,22H,8H2,1H3,(H,23,25). The molecular formula is C17H13ClF3N3O5. The van der Waals surface area contributed by atoms with Crippen molar-refractivity contribution in [2.45, 2.75) is 6.18 Å². The lowest BCUT2D eigenvalue weighted by Gasteiger charge is -2.12. The molecule has 2 rings (SSSR count). The molecule has 0 heterocycles. The lowest BCUT2D eigenvalue weighted by molar-refractivity contribution is -0.384. The summed E-state index contributed by atoms with van der Waals surface area (Å²) in [5.41, 5.74) is -1.70. The number of amides is 1. The number of nitrogens with one attached hydrogen (secondary N) is 2. The van der Waals surface area contributed by atoms with Crippen LogP contribution in [-0.2, 0) is 15.7 Å². The molecule has 154 valence electrons. The Morgan fingerprint density at radius 3 is 2.48 bits per heavy atom. The van der Waals surface area contributed by atoms with Gasteiger partial charge in [-0.1, -0.05) is 11.6 Å². The van der Waals surface area contributed by atoms with Crippen LogP contribution in [0.1, 0.15) is 15.9 Å². The number of rotatable bonds is 6. The van der Waals surface area contributed by atoms with Gasteiger partial charge < -0.3 is 15.4 Å². The van der Waals surface area contributed by atoms with Crippen molar-refractivity contribution in [1.82, 2.24) is 0 Å². The fraction of sp³-hybridized carbons (Fsp3) is 0.176. The van der Waals surface area contributed by atoms with Gasteiger partial charge in [0.25, 0.3) is 11.6 Å². The van der Waals surface area contributed by atoms with Gasteiger partial charge in [0.2, 0.25) is 0 Å². The van der Waals surface area contributed by atoms with Gasteiger partial charge in [0.15, 0.2) is 6.61 Å². The summed E-state index contributed by atoms with van der Waals surface area (Å²) in [5, 5.41) is 15.2. The van der Waals surface area contributed by atoms with E-state index >= 15 is 0 Å². The summed E-state index contributed by atoms with van der Waals surface area (Å²) in [7, 11) is 1.46. The van der Waals surface area contributed by atoms with Gasteiger partial charge in [-0.05, 0) is 30.3 Å². The monoisotopic (exact) mass is 431 g/mol. The first-order chi connectivity index (χ1) is 13.5.